The van der Waals surface area contributed by atoms with Gasteiger partial charge in [-0.3, -0.25) is 4.68 Å². The number of hydrogen-bond acceptors (Lipinski definition) is 3. The summed E-state index contributed by atoms with van der Waals surface area (Å²) < 4.78 is 7.19. The molecule has 1 N–H and O–H groups in total. The standard InChI is InChI=1S/C16H25N3O/c1-5-9-17-16(14-8-10-20-11-14)7-6-15-12(2)18-19(4)13(15)3/h8,10-11,16-17H,5-7,9H2,1-4H3. The second-order valence-corrected chi connectivity index (χ2v) is 5.38. The van der Waals surface area contributed by atoms with Crippen molar-refractivity contribution < 1.29 is 4.42 Å². The second kappa shape index (κ2) is 6.75. The van der Waals surface area contributed by atoms with Crippen molar-refractivity contribution in [3.05, 3.63) is 41.1 Å². The number of rotatable bonds is 7. The lowest BCUT2D eigenvalue weighted by Crippen LogP contribution is -2.22. The van der Waals surface area contributed by atoms with Crippen LogP contribution in [0.1, 0.15) is 48.3 Å². The predicted molar refractivity (Wildman–Crippen MR) is 80.7 cm³/mol. The highest BCUT2D eigenvalue weighted by atomic mass is 16.3. The maximum Gasteiger partial charge on any atom is 0.0950 e. The van der Waals surface area contributed by atoms with Crippen molar-refractivity contribution in [2.24, 2.45) is 7.05 Å². The van der Waals surface area contributed by atoms with Crippen LogP contribution in [0.15, 0.2) is 23.0 Å². The Kier molecular flexibility index (Phi) is 5.01. The van der Waals surface area contributed by atoms with E-state index in [9.17, 15) is 0 Å². The number of nitrogens with zero attached hydrogens (tertiary/aromatic N) is 2. The average molecular weight is 275 g/mol. The first-order chi connectivity index (χ1) is 9.63. The molecule has 4 heteroatoms. The highest BCUT2D eigenvalue weighted by molar-refractivity contribution is 5.25. The monoisotopic (exact) mass is 275 g/mol. The van der Waals surface area contributed by atoms with Crippen LogP contribution in [-0.4, -0.2) is 16.3 Å². The lowest BCUT2D eigenvalue weighted by atomic mass is 10.00. The molecule has 2 aromatic heterocycles. The molecule has 0 aliphatic rings. The van der Waals surface area contributed by atoms with E-state index in [4.69, 9.17) is 4.42 Å². The molecule has 0 spiro atoms. The van der Waals surface area contributed by atoms with E-state index < -0.39 is 0 Å². The summed E-state index contributed by atoms with van der Waals surface area (Å²) in [6.07, 6.45) is 6.83. The van der Waals surface area contributed by atoms with Crippen LogP contribution in [0.3, 0.4) is 0 Å². The fraction of sp³-hybridized carbons (Fsp3) is 0.562. The van der Waals surface area contributed by atoms with E-state index in [-0.39, 0.29) is 0 Å². The molecule has 0 saturated carbocycles. The molecule has 20 heavy (non-hydrogen) atoms. The molecule has 0 radical (unpaired) electrons. The first kappa shape index (κ1) is 14.9. The summed E-state index contributed by atoms with van der Waals surface area (Å²) in [5.41, 5.74) is 5.02. The minimum absolute atomic E-state index is 0.354. The normalized spacial score (nSPS) is 12.8. The number of nitrogens with one attached hydrogen (secondary N) is 1. The minimum Gasteiger partial charge on any atom is -0.472 e. The Morgan fingerprint density at radius 2 is 2.20 bits per heavy atom. The molecule has 0 aromatic carbocycles. The van der Waals surface area contributed by atoms with Crippen molar-refractivity contribution in [3.8, 4) is 0 Å². The van der Waals surface area contributed by atoms with Crippen LogP contribution in [0.2, 0.25) is 0 Å². The molecule has 0 saturated heterocycles. The molecule has 0 aliphatic heterocycles. The summed E-state index contributed by atoms with van der Waals surface area (Å²) in [4.78, 5) is 0. The largest absolute Gasteiger partial charge is 0.472 e. The van der Waals surface area contributed by atoms with Crippen LogP contribution in [0, 0.1) is 13.8 Å². The SMILES string of the molecule is CCCNC(CCc1c(C)nn(C)c1C)c1ccoc1. The number of aryl methyl sites for hydroxylation is 2. The van der Waals surface area contributed by atoms with Crippen LogP contribution in [0.25, 0.3) is 0 Å². The molecule has 2 aromatic rings. The lowest BCUT2D eigenvalue weighted by Gasteiger charge is -2.17. The average Bonchev–Trinajstić information content (AvgIpc) is 3.02. The summed E-state index contributed by atoms with van der Waals surface area (Å²) in [7, 11) is 2.01. The number of hydrogen-bond donors (Lipinski definition) is 1. The molecule has 2 rings (SSSR count). The van der Waals surface area contributed by atoms with E-state index in [1.807, 2.05) is 18.0 Å². The zero-order chi connectivity index (χ0) is 14.5. The van der Waals surface area contributed by atoms with Gasteiger partial charge in [0.15, 0.2) is 0 Å². The van der Waals surface area contributed by atoms with Crippen LogP contribution in [0.4, 0.5) is 0 Å². The third kappa shape index (κ3) is 3.31. The Morgan fingerprint density at radius 3 is 2.75 bits per heavy atom. The van der Waals surface area contributed by atoms with Gasteiger partial charge in [-0.25, -0.2) is 0 Å². The van der Waals surface area contributed by atoms with Gasteiger partial charge in [-0.15, -0.1) is 0 Å². The highest BCUT2D eigenvalue weighted by Crippen LogP contribution is 2.22. The van der Waals surface area contributed by atoms with E-state index in [2.05, 4.69) is 37.3 Å². The van der Waals surface area contributed by atoms with Crippen molar-refractivity contribution in [1.82, 2.24) is 15.1 Å². The van der Waals surface area contributed by atoms with Crippen molar-refractivity contribution >= 4 is 0 Å². The molecule has 0 aliphatic carbocycles. The fourth-order valence-electron chi connectivity index (χ4n) is 2.65. The maximum absolute atomic E-state index is 5.22. The Morgan fingerprint density at radius 1 is 1.40 bits per heavy atom. The van der Waals surface area contributed by atoms with Crippen molar-refractivity contribution in [3.63, 3.8) is 0 Å². The first-order valence-corrected chi connectivity index (χ1v) is 7.38. The third-order valence-corrected chi connectivity index (χ3v) is 3.93. The van der Waals surface area contributed by atoms with E-state index >= 15 is 0 Å². The smallest absolute Gasteiger partial charge is 0.0950 e. The van der Waals surface area contributed by atoms with Crippen LogP contribution in [-0.2, 0) is 13.5 Å². The van der Waals surface area contributed by atoms with Gasteiger partial charge in [0, 0.05) is 24.3 Å². The zero-order valence-corrected chi connectivity index (χ0v) is 12.9. The molecule has 1 atom stereocenters. The van der Waals surface area contributed by atoms with E-state index in [0.717, 1.165) is 31.5 Å². The summed E-state index contributed by atoms with van der Waals surface area (Å²) in [5.74, 6) is 0. The van der Waals surface area contributed by atoms with Gasteiger partial charge >= 0.3 is 0 Å². The lowest BCUT2D eigenvalue weighted by molar-refractivity contribution is 0.487. The molecule has 110 valence electrons. The van der Waals surface area contributed by atoms with Crippen LogP contribution in [0.5, 0.6) is 0 Å². The topological polar surface area (TPSA) is 43.0 Å². The molecular formula is C16H25N3O. The Balaban J connectivity index is 2.05. The molecule has 2 heterocycles. The molecule has 4 nitrogen and oxygen atoms in total. The number of aromatic nitrogens is 2. The Bertz CT molecular complexity index is 528. The first-order valence-electron chi connectivity index (χ1n) is 7.38. The van der Waals surface area contributed by atoms with Gasteiger partial charge in [0.25, 0.3) is 0 Å². The van der Waals surface area contributed by atoms with E-state index in [0.29, 0.717) is 6.04 Å². The van der Waals surface area contributed by atoms with Gasteiger partial charge in [0.1, 0.15) is 0 Å². The molecule has 1 unspecified atom stereocenters. The summed E-state index contributed by atoms with van der Waals surface area (Å²) >= 11 is 0. The summed E-state index contributed by atoms with van der Waals surface area (Å²) in [6.45, 7) is 7.45. The molecule has 0 fully saturated rings. The molecule has 0 amide bonds. The fourth-order valence-corrected chi connectivity index (χ4v) is 2.65. The third-order valence-electron chi connectivity index (χ3n) is 3.93. The quantitative estimate of drug-likeness (QED) is 0.843. The van der Waals surface area contributed by atoms with Gasteiger partial charge in [-0.2, -0.15) is 5.10 Å². The van der Waals surface area contributed by atoms with E-state index in [1.54, 1.807) is 6.26 Å². The van der Waals surface area contributed by atoms with Crippen molar-refractivity contribution in [2.75, 3.05) is 6.54 Å². The van der Waals surface area contributed by atoms with Gasteiger partial charge in [-0.1, -0.05) is 6.92 Å². The van der Waals surface area contributed by atoms with Gasteiger partial charge in [-0.05, 0) is 51.3 Å². The summed E-state index contributed by atoms with van der Waals surface area (Å²) in [5, 5.41) is 8.09. The Labute approximate surface area is 121 Å². The maximum atomic E-state index is 5.22. The van der Waals surface area contributed by atoms with Crippen LogP contribution >= 0.6 is 0 Å². The Hall–Kier alpha value is -1.55. The van der Waals surface area contributed by atoms with Crippen molar-refractivity contribution in [2.45, 2.75) is 46.1 Å². The van der Waals surface area contributed by atoms with Crippen LogP contribution < -0.4 is 5.32 Å². The minimum atomic E-state index is 0.354. The molecular weight excluding hydrogens is 250 g/mol. The zero-order valence-electron chi connectivity index (χ0n) is 12.9. The number of furan rings is 1. The van der Waals surface area contributed by atoms with Gasteiger partial charge in [0.05, 0.1) is 18.2 Å². The molecule has 0 bridgehead atoms. The predicted octanol–water partition coefficient (Wildman–Crippen LogP) is 3.30. The summed E-state index contributed by atoms with van der Waals surface area (Å²) in [6, 6.07) is 2.41. The van der Waals surface area contributed by atoms with Gasteiger partial charge < -0.3 is 9.73 Å². The van der Waals surface area contributed by atoms with Crippen molar-refractivity contribution in [1.29, 1.82) is 0 Å². The second-order valence-electron chi connectivity index (χ2n) is 5.38. The highest BCUT2D eigenvalue weighted by Gasteiger charge is 2.15. The van der Waals surface area contributed by atoms with E-state index in [1.165, 1.54) is 16.8 Å². The van der Waals surface area contributed by atoms with Gasteiger partial charge in [0.2, 0.25) is 0 Å².